The summed E-state index contributed by atoms with van der Waals surface area (Å²) < 4.78 is 17.0. The van der Waals surface area contributed by atoms with Crippen LogP contribution in [-0.2, 0) is 11.2 Å². The largest absolute Gasteiger partial charge is 0.492 e. The number of ether oxygens (including phenoxy) is 2. The van der Waals surface area contributed by atoms with Crippen LogP contribution in [0.2, 0.25) is 0 Å². The maximum Gasteiger partial charge on any atom is 0.227 e. The van der Waals surface area contributed by atoms with E-state index in [-0.39, 0.29) is 12.3 Å². The van der Waals surface area contributed by atoms with Gasteiger partial charge in [-0.2, -0.15) is 4.98 Å². The molecule has 1 amide bonds. The molecule has 28 heavy (non-hydrogen) atoms. The Labute approximate surface area is 171 Å². The number of carbonyl (C=O) groups is 1. The molecule has 1 aromatic heterocycles. The first-order chi connectivity index (χ1) is 13.6. The molecule has 0 aliphatic heterocycles. The molecule has 0 bridgehead atoms. The molecule has 8 heteroatoms. The van der Waals surface area contributed by atoms with Crippen molar-refractivity contribution in [2.75, 3.05) is 19.0 Å². The summed E-state index contributed by atoms with van der Waals surface area (Å²) in [5.74, 6) is 1.89. The van der Waals surface area contributed by atoms with Crippen molar-refractivity contribution in [2.24, 2.45) is 0 Å². The van der Waals surface area contributed by atoms with Gasteiger partial charge in [-0.25, -0.2) is 0 Å². The molecule has 7 nitrogen and oxygen atoms in total. The minimum Gasteiger partial charge on any atom is -0.492 e. The molecular formula is C20H20BrN3O4. The topological polar surface area (TPSA) is 86.5 Å². The zero-order chi connectivity index (χ0) is 19.9. The lowest BCUT2D eigenvalue weighted by Gasteiger charge is -2.12. The number of nitrogens with zero attached hydrogens (tertiary/aromatic N) is 2. The number of rotatable bonds is 8. The fourth-order valence-electron chi connectivity index (χ4n) is 2.60. The molecule has 0 saturated heterocycles. The van der Waals surface area contributed by atoms with E-state index in [9.17, 15) is 4.79 Å². The molecule has 146 valence electrons. The molecule has 0 aliphatic rings. The number of amides is 1. The Balaban J connectivity index is 1.67. The standard InChI is InChI=1S/C20H20BrN3O4/c1-3-27-16-12-13(11-15(21)19(16)26-2)20-23-18(28-24-20)10-9-17(25)22-14-7-5-4-6-8-14/h4-8,11-12H,3,9-10H2,1-2H3,(H,22,25). The Morgan fingerprint density at radius 2 is 2.04 bits per heavy atom. The second-order valence-electron chi connectivity index (χ2n) is 5.85. The van der Waals surface area contributed by atoms with E-state index in [2.05, 4.69) is 31.4 Å². The summed E-state index contributed by atoms with van der Waals surface area (Å²) >= 11 is 3.47. The monoisotopic (exact) mass is 445 g/mol. The number of anilines is 1. The van der Waals surface area contributed by atoms with Gasteiger partial charge >= 0.3 is 0 Å². The van der Waals surface area contributed by atoms with Crippen molar-refractivity contribution in [1.82, 2.24) is 10.1 Å². The van der Waals surface area contributed by atoms with Crippen LogP contribution in [0, 0.1) is 0 Å². The molecule has 0 radical (unpaired) electrons. The molecule has 0 spiro atoms. The van der Waals surface area contributed by atoms with Gasteiger partial charge in [0.1, 0.15) is 0 Å². The molecule has 0 fully saturated rings. The number of aromatic nitrogens is 2. The average Bonchev–Trinajstić information content (AvgIpc) is 3.16. The van der Waals surface area contributed by atoms with Gasteiger partial charge in [0.25, 0.3) is 0 Å². The highest BCUT2D eigenvalue weighted by molar-refractivity contribution is 9.10. The molecular weight excluding hydrogens is 426 g/mol. The first kappa shape index (κ1) is 19.9. The van der Waals surface area contributed by atoms with Crippen LogP contribution in [0.3, 0.4) is 0 Å². The van der Waals surface area contributed by atoms with Crippen LogP contribution in [0.15, 0.2) is 51.5 Å². The van der Waals surface area contributed by atoms with Crippen LogP contribution < -0.4 is 14.8 Å². The summed E-state index contributed by atoms with van der Waals surface area (Å²) in [7, 11) is 1.58. The van der Waals surface area contributed by atoms with Gasteiger partial charge in [-0.1, -0.05) is 23.4 Å². The fraction of sp³-hybridized carbons (Fsp3) is 0.250. The molecule has 1 heterocycles. The van der Waals surface area contributed by atoms with Gasteiger partial charge in [-0.05, 0) is 47.1 Å². The van der Waals surface area contributed by atoms with Crippen molar-refractivity contribution >= 4 is 27.5 Å². The van der Waals surface area contributed by atoms with E-state index in [1.165, 1.54) is 0 Å². The number of methoxy groups -OCH3 is 1. The lowest BCUT2D eigenvalue weighted by molar-refractivity contribution is -0.116. The number of benzene rings is 2. The van der Waals surface area contributed by atoms with Crippen molar-refractivity contribution in [3.05, 3.63) is 52.8 Å². The van der Waals surface area contributed by atoms with E-state index in [1.807, 2.05) is 43.3 Å². The van der Waals surface area contributed by atoms with Gasteiger partial charge in [0.2, 0.25) is 17.6 Å². The number of hydrogen-bond acceptors (Lipinski definition) is 6. The molecule has 3 aromatic rings. The Bertz CT molecular complexity index is 944. The molecule has 0 atom stereocenters. The molecule has 3 rings (SSSR count). The summed E-state index contributed by atoms with van der Waals surface area (Å²) in [6, 6.07) is 12.9. The number of para-hydroxylation sites is 1. The highest BCUT2D eigenvalue weighted by atomic mass is 79.9. The SMILES string of the molecule is CCOc1cc(-c2noc(CCC(=O)Nc3ccccc3)n2)cc(Br)c1OC. The summed E-state index contributed by atoms with van der Waals surface area (Å²) in [6.45, 7) is 2.40. The summed E-state index contributed by atoms with van der Waals surface area (Å²) in [5, 5.41) is 6.84. The number of hydrogen-bond donors (Lipinski definition) is 1. The fourth-order valence-corrected chi connectivity index (χ4v) is 3.20. The summed E-state index contributed by atoms with van der Waals surface area (Å²) in [5.41, 5.74) is 1.48. The molecule has 0 unspecified atom stereocenters. The third kappa shape index (κ3) is 4.89. The predicted molar refractivity (Wildman–Crippen MR) is 109 cm³/mol. The quantitative estimate of drug-likeness (QED) is 0.549. The van der Waals surface area contributed by atoms with Crippen LogP contribution in [0.25, 0.3) is 11.4 Å². The number of halogens is 1. The van der Waals surface area contributed by atoms with E-state index in [4.69, 9.17) is 14.0 Å². The molecule has 0 saturated carbocycles. The first-order valence-corrected chi connectivity index (χ1v) is 9.58. The van der Waals surface area contributed by atoms with Gasteiger partial charge in [0.15, 0.2) is 11.5 Å². The smallest absolute Gasteiger partial charge is 0.227 e. The van der Waals surface area contributed by atoms with Crippen molar-refractivity contribution in [3.63, 3.8) is 0 Å². The van der Waals surface area contributed by atoms with E-state index >= 15 is 0 Å². The van der Waals surface area contributed by atoms with Gasteiger partial charge in [-0.3, -0.25) is 4.79 Å². The van der Waals surface area contributed by atoms with Crippen molar-refractivity contribution < 1.29 is 18.8 Å². The minimum atomic E-state index is -0.114. The van der Waals surface area contributed by atoms with E-state index < -0.39 is 0 Å². The summed E-state index contributed by atoms with van der Waals surface area (Å²) in [4.78, 5) is 16.4. The van der Waals surface area contributed by atoms with Crippen LogP contribution in [0.1, 0.15) is 19.2 Å². The Morgan fingerprint density at radius 3 is 2.75 bits per heavy atom. The number of carbonyl (C=O) groups excluding carboxylic acids is 1. The number of nitrogens with one attached hydrogen (secondary N) is 1. The van der Waals surface area contributed by atoms with E-state index in [0.717, 1.165) is 15.7 Å². The van der Waals surface area contributed by atoms with Gasteiger partial charge in [-0.15, -0.1) is 0 Å². The third-order valence-corrected chi connectivity index (χ3v) is 4.45. The molecule has 1 N–H and O–H groups in total. The maximum absolute atomic E-state index is 12.1. The summed E-state index contributed by atoms with van der Waals surface area (Å²) in [6.07, 6.45) is 0.592. The lowest BCUT2D eigenvalue weighted by atomic mass is 10.2. The Kier molecular flexibility index (Phi) is 6.65. The minimum absolute atomic E-state index is 0.114. The zero-order valence-electron chi connectivity index (χ0n) is 15.6. The maximum atomic E-state index is 12.1. The van der Waals surface area contributed by atoms with Crippen molar-refractivity contribution in [2.45, 2.75) is 19.8 Å². The first-order valence-electron chi connectivity index (χ1n) is 8.79. The second-order valence-corrected chi connectivity index (χ2v) is 6.70. The predicted octanol–water partition coefficient (Wildman–Crippen LogP) is 4.48. The Hall–Kier alpha value is -2.87. The zero-order valence-corrected chi connectivity index (χ0v) is 17.2. The van der Waals surface area contributed by atoms with Crippen LogP contribution in [0.5, 0.6) is 11.5 Å². The van der Waals surface area contributed by atoms with E-state index in [0.29, 0.717) is 36.2 Å². The normalized spacial score (nSPS) is 10.5. The van der Waals surface area contributed by atoms with Crippen molar-refractivity contribution in [1.29, 1.82) is 0 Å². The van der Waals surface area contributed by atoms with Crippen LogP contribution >= 0.6 is 15.9 Å². The Morgan fingerprint density at radius 1 is 1.25 bits per heavy atom. The van der Waals surface area contributed by atoms with E-state index in [1.54, 1.807) is 13.2 Å². The highest BCUT2D eigenvalue weighted by Gasteiger charge is 2.16. The van der Waals surface area contributed by atoms with Gasteiger partial charge in [0, 0.05) is 24.1 Å². The lowest BCUT2D eigenvalue weighted by Crippen LogP contribution is -2.12. The van der Waals surface area contributed by atoms with Gasteiger partial charge in [0.05, 0.1) is 18.2 Å². The third-order valence-electron chi connectivity index (χ3n) is 3.86. The molecule has 2 aromatic carbocycles. The second kappa shape index (κ2) is 9.36. The number of aryl methyl sites for hydroxylation is 1. The average molecular weight is 446 g/mol. The van der Waals surface area contributed by atoms with Crippen LogP contribution in [0.4, 0.5) is 5.69 Å². The highest BCUT2D eigenvalue weighted by Crippen LogP contribution is 2.39. The van der Waals surface area contributed by atoms with Crippen LogP contribution in [-0.4, -0.2) is 29.8 Å². The van der Waals surface area contributed by atoms with Gasteiger partial charge < -0.3 is 19.3 Å². The molecule has 0 aliphatic carbocycles. The van der Waals surface area contributed by atoms with Crippen molar-refractivity contribution in [3.8, 4) is 22.9 Å².